The van der Waals surface area contributed by atoms with E-state index in [0.717, 1.165) is 12.1 Å². The number of hydrogen-bond acceptors (Lipinski definition) is 6. The second-order valence-electron chi connectivity index (χ2n) is 9.49. The fourth-order valence-corrected chi connectivity index (χ4v) is 5.13. The van der Waals surface area contributed by atoms with Crippen molar-refractivity contribution in [3.05, 3.63) is 47.0 Å². The normalized spacial score (nSPS) is 22.4. The number of piperidine rings is 1. The summed E-state index contributed by atoms with van der Waals surface area (Å²) in [7, 11) is 0. The van der Waals surface area contributed by atoms with Crippen molar-refractivity contribution >= 4 is 29.2 Å². The van der Waals surface area contributed by atoms with Crippen molar-refractivity contribution in [2.75, 3.05) is 23.4 Å². The van der Waals surface area contributed by atoms with Gasteiger partial charge in [-0.05, 0) is 25.5 Å². The van der Waals surface area contributed by atoms with Gasteiger partial charge in [0.05, 0.1) is 29.9 Å². The van der Waals surface area contributed by atoms with E-state index in [1.54, 1.807) is 11.8 Å². The molecule has 0 bridgehead atoms. The third-order valence-corrected chi connectivity index (χ3v) is 7.05. The fourth-order valence-electron chi connectivity index (χ4n) is 5.13. The summed E-state index contributed by atoms with van der Waals surface area (Å²) in [5.74, 6) is -3.56. The lowest BCUT2D eigenvalue weighted by molar-refractivity contribution is -0.274. The van der Waals surface area contributed by atoms with Crippen LogP contribution in [-0.4, -0.2) is 49.4 Å². The Kier molecular flexibility index (Phi) is 6.72. The number of carbonyl (C=O) groups excluding carboxylic acids is 3. The quantitative estimate of drug-likeness (QED) is 0.384. The molecule has 2 saturated heterocycles. The van der Waals surface area contributed by atoms with E-state index >= 15 is 4.39 Å². The van der Waals surface area contributed by atoms with Gasteiger partial charge in [-0.15, -0.1) is 13.2 Å². The number of fused-ring (bicyclic) bond motifs is 1. The summed E-state index contributed by atoms with van der Waals surface area (Å²) in [6.45, 7) is 2.29. The van der Waals surface area contributed by atoms with E-state index in [2.05, 4.69) is 20.7 Å². The van der Waals surface area contributed by atoms with Gasteiger partial charge < -0.3 is 25.0 Å². The van der Waals surface area contributed by atoms with Gasteiger partial charge in [0.25, 0.3) is 0 Å². The van der Waals surface area contributed by atoms with Gasteiger partial charge in [-0.3, -0.25) is 14.9 Å². The first-order valence-electron chi connectivity index (χ1n) is 12.1. The summed E-state index contributed by atoms with van der Waals surface area (Å²) < 4.78 is 76.3. The lowest BCUT2D eigenvalue weighted by Crippen LogP contribution is -2.66. The third-order valence-electron chi connectivity index (χ3n) is 7.05. The number of halogens is 5. The highest BCUT2D eigenvalue weighted by atomic mass is 19.4. The van der Waals surface area contributed by atoms with Crippen molar-refractivity contribution in [2.24, 2.45) is 0 Å². The smallest absolute Gasteiger partial charge is 0.491 e. The molecular weight excluding hydrogens is 531 g/mol. The van der Waals surface area contributed by atoms with Crippen LogP contribution in [0.1, 0.15) is 36.8 Å². The number of ether oxygens (including phenoxy) is 2. The van der Waals surface area contributed by atoms with Crippen LogP contribution in [0.5, 0.6) is 11.5 Å². The van der Waals surface area contributed by atoms with E-state index in [1.807, 2.05) is 0 Å². The van der Waals surface area contributed by atoms with Gasteiger partial charge in [-0.2, -0.15) is 0 Å². The number of benzene rings is 2. The van der Waals surface area contributed by atoms with Gasteiger partial charge in [-0.1, -0.05) is 0 Å². The molecule has 0 spiro atoms. The maximum absolute atomic E-state index is 15.4. The topological polar surface area (TPSA) is 109 Å². The van der Waals surface area contributed by atoms with E-state index < -0.39 is 59.2 Å². The molecule has 3 aliphatic heterocycles. The first kappa shape index (κ1) is 26.5. The molecule has 0 radical (unpaired) electrons. The Morgan fingerprint density at radius 3 is 2.62 bits per heavy atom. The van der Waals surface area contributed by atoms with E-state index in [-0.39, 0.29) is 31.0 Å². The van der Waals surface area contributed by atoms with Gasteiger partial charge in [0.2, 0.25) is 11.8 Å². The number of nitrogens with zero attached hydrogens (tertiary/aromatic N) is 1. The van der Waals surface area contributed by atoms with Gasteiger partial charge in [0.15, 0.2) is 0 Å². The van der Waals surface area contributed by atoms with Crippen molar-refractivity contribution in [3.8, 4) is 11.5 Å². The minimum absolute atomic E-state index is 0.106. The largest absolute Gasteiger partial charge is 0.573 e. The highest BCUT2D eigenvalue weighted by Crippen LogP contribution is 2.46. The highest BCUT2D eigenvalue weighted by Gasteiger charge is 2.42. The van der Waals surface area contributed by atoms with Crippen molar-refractivity contribution in [1.29, 1.82) is 0 Å². The maximum atomic E-state index is 15.4. The van der Waals surface area contributed by atoms with Crippen LogP contribution < -0.4 is 30.3 Å². The number of alkyl halides is 3. The fraction of sp³-hybridized carbons (Fsp3) is 0.400. The summed E-state index contributed by atoms with van der Waals surface area (Å²) in [4.78, 5) is 38.2. The molecule has 5 rings (SSSR count). The Labute approximate surface area is 218 Å². The van der Waals surface area contributed by atoms with Crippen LogP contribution in [-0.2, 0) is 16.0 Å². The van der Waals surface area contributed by atoms with E-state index in [9.17, 15) is 31.9 Å². The average Bonchev–Trinajstić information content (AvgIpc) is 3.33. The number of urea groups is 1. The number of nitrogens with one attached hydrogen (secondary N) is 3. The molecule has 3 heterocycles. The Hall–Kier alpha value is -4.10. The van der Waals surface area contributed by atoms with E-state index in [0.29, 0.717) is 36.1 Å². The van der Waals surface area contributed by atoms with Crippen molar-refractivity contribution in [1.82, 2.24) is 10.6 Å². The Bertz CT molecular complexity index is 1350. The van der Waals surface area contributed by atoms with Crippen LogP contribution in [0.2, 0.25) is 0 Å². The predicted molar refractivity (Wildman–Crippen MR) is 127 cm³/mol. The molecule has 208 valence electrons. The molecule has 0 saturated carbocycles. The van der Waals surface area contributed by atoms with E-state index in [1.165, 1.54) is 6.07 Å². The summed E-state index contributed by atoms with van der Waals surface area (Å²) >= 11 is 0. The molecule has 0 unspecified atom stereocenters. The summed E-state index contributed by atoms with van der Waals surface area (Å²) in [5.41, 5.74) is 0.731. The first-order valence-corrected chi connectivity index (χ1v) is 12.1. The molecule has 0 aliphatic carbocycles. The van der Waals surface area contributed by atoms with Crippen molar-refractivity contribution in [3.63, 3.8) is 0 Å². The summed E-state index contributed by atoms with van der Waals surface area (Å²) in [6.07, 6.45) is -4.29. The second kappa shape index (κ2) is 9.89. The van der Waals surface area contributed by atoms with Gasteiger partial charge >= 0.3 is 12.4 Å². The number of carbonyl (C=O) groups is 3. The zero-order chi connectivity index (χ0) is 28.1. The minimum Gasteiger partial charge on any atom is -0.491 e. The minimum atomic E-state index is -4.98. The molecule has 2 aromatic carbocycles. The summed E-state index contributed by atoms with van der Waals surface area (Å²) in [5, 5.41) is 7.05. The monoisotopic (exact) mass is 554 g/mol. The SMILES string of the molecule is C[C@H]1[C@H](NC(=O)Nc2cc(OC(F)(F)F)ccc2F)CN1c1cc(F)c([C@H]2CCC(=O)NC2=O)c2c1OCC2. The molecule has 2 aromatic rings. The van der Waals surface area contributed by atoms with Crippen LogP contribution in [0.25, 0.3) is 0 Å². The number of amides is 4. The molecule has 3 N–H and O–H groups in total. The van der Waals surface area contributed by atoms with Crippen LogP contribution in [0.4, 0.5) is 38.1 Å². The molecule has 3 aliphatic rings. The standard InChI is InChI=1S/C25H23F5N4O5/c1-11-18(32-24(37)31-17-8-12(2-4-15(17)26)39-25(28,29)30)10-34(11)19-9-16(27)21(13-6-7-38-22(13)19)14-3-5-20(35)33-23(14)36/h2,4,8-9,11,14,18H,3,5-7,10H2,1H3,(H2,31,32,37)(H,33,35,36)/t11-,14+,18+/m0/s1. The van der Waals surface area contributed by atoms with Crippen LogP contribution >= 0.6 is 0 Å². The van der Waals surface area contributed by atoms with Gasteiger partial charge in [-0.25, -0.2) is 13.6 Å². The third kappa shape index (κ3) is 5.27. The Morgan fingerprint density at radius 1 is 1.15 bits per heavy atom. The van der Waals surface area contributed by atoms with Gasteiger partial charge in [0, 0.05) is 48.7 Å². The first-order chi connectivity index (χ1) is 18.4. The Balaban J connectivity index is 1.27. The number of rotatable bonds is 5. The maximum Gasteiger partial charge on any atom is 0.573 e. The zero-order valence-electron chi connectivity index (χ0n) is 20.5. The molecule has 4 amide bonds. The van der Waals surface area contributed by atoms with E-state index in [4.69, 9.17) is 4.74 Å². The Morgan fingerprint density at radius 2 is 1.92 bits per heavy atom. The van der Waals surface area contributed by atoms with Crippen LogP contribution in [0.15, 0.2) is 24.3 Å². The molecular formula is C25H23F5N4O5. The van der Waals surface area contributed by atoms with Gasteiger partial charge in [0.1, 0.15) is 23.1 Å². The summed E-state index contributed by atoms with van der Waals surface area (Å²) in [6, 6.07) is 1.84. The average molecular weight is 554 g/mol. The lowest BCUT2D eigenvalue weighted by Gasteiger charge is -2.48. The number of anilines is 2. The zero-order valence-corrected chi connectivity index (χ0v) is 20.5. The molecule has 9 nitrogen and oxygen atoms in total. The molecule has 14 heteroatoms. The molecule has 3 atom stereocenters. The van der Waals surface area contributed by atoms with Crippen molar-refractivity contribution < 1.29 is 45.8 Å². The molecule has 2 fully saturated rings. The van der Waals surface area contributed by atoms with Crippen molar-refractivity contribution in [2.45, 2.75) is 50.6 Å². The van der Waals surface area contributed by atoms with Crippen LogP contribution in [0, 0.1) is 11.6 Å². The molecule has 39 heavy (non-hydrogen) atoms. The number of hydrogen-bond donors (Lipinski definition) is 3. The highest BCUT2D eigenvalue weighted by molar-refractivity contribution is 6.01. The predicted octanol–water partition coefficient (Wildman–Crippen LogP) is 3.72. The second-order valence-corrected chi connectivity index (χ2v) is 9.49. The van der Waals surface area contributed by atoms with Crippen LogP contribution in [0.3, 0.4) is 0 Å². The lowest BCUT2D eigenvalue weighted by atomic mass is 9.85. The molecule has 0 aromatic heterocycles. The number of imide groups is 1.